The molecular formula is C10H18ClNO. The summed E-state index contributed by atoms with van der Waals surface area (Å²) in [4.78, 5) is 0. The molecule has 1 aliphatic carbocycles. The van der Waals surface area contributed by atoms with Crippen LogP contribution in [0.4, 0.5) is 0 Å². The molecule has 0 unspecified atom stereocenters. The minimum Gasteiger partial charge on any atom is -0.369 e. The molecule has 0 radical (unpaired) electrons. The molecule has 0 aliphatic heterocycles. The minimum atomic E-state index is 0. The molecular weight excluding hydrogens is 186 g/mol. The summed E-state index contributed by atoms with van der Waals surface area (Å²) in [5.41, 5.74) is 5.78. The summed E-state index contributed by atoms with van der Waals surface area (Å²) in [5, 5.41) is 0. The van der Waals surface area contributed by atoms with Crippen LogP contribution in [0, 0.1) is 18.3 Å². The topological polar surface area (TPSA) is 35.2 Å². The third-order valence-electron chi connectivity index (χ3n) is 2.43. The number of ether oxygens (including phenoxy) is 1. The molecule has 1 saturated carbocycles. The van der Waals surface area contributed by atoms with Gasteiger partial charge in [-0.3, -0.25) is 0 Å². The highest BCUT2D eigenvalue weighted by Gasteiger charge is 2.17. The maximum absolute atomic E-state index is 5.78. The van der Waals surface area contributed by atoms with Gasteiger partial charge in [-0.1, -0.05) is 5.92 Å². The molecule has 2 N–H and O–H groups in total. The van der Waals surface area contributed by atoms with Crippen molar-refractivity contribution in [1.82, 2.24) is 0 Å². The minimum absolute atomic E-state index is 0. The second-order valence-corrected chi connectivity index (χ2v) is 3.50. The van der Waals surface area contributed by atoms with E-state index in [1.165, 1.54) is 12.8 Å². The van der Waals surface area contributed by atoms with Gasteiger partial charge < -0.3 is 10.5 Å². The zero-order chi connectivity index (χ0) is 8.81. The molecule has 0 amide bonds. The molecule has 0 spiro atoms. The van der Waals surface area contributed by atoms with Crippen molar-refractivity contribution in [2.24, 2.45) is 11.7 Å². The van der Waals surface area contributed by atoms with Crippen molar-refractivity contribution >= 4 is 12.4 Å². The second kappa shape index (κ2) is 7.20. The Morgan fingerprint density at radius 3 is 2.46 bits per heavy atom. The highest BCUT2D eigenvalue weighted by Crippen LogP contribution is 2.22. The zero-order valence-electron chi connectivity index (χ0n) is 7.87. The van der Waals surface area contributed by atoms with Gasteiger partial charge in [-0.15, -0.1) is 18.8 Å². The van der Waals surface area contributed by atoms with Gasteiger partial charge in [-0.05, 0) is 31.6 Å². The van der Waals surface area contributed by atoms with Gasteiger partial charge in [0.2, 0.25) is 0 Å². The molecule has 0 heterocycles. The SMILES string of the molecule is C#CCOCC1CCC(N)CC1.Cl. The highest BCUT2D eigenvalue weighted by atomic mass is 35.5. The summed E-state index contributed by atoms with van der Waals surface area (Å²) in [5.74, 6) is 3.16. The first-order valence-electron chi connectivity index (χ1n) is 4.59. The van der Waals surface area contributed by atoms with Crippen molar-refractivity contribution < 1.29 is 4.74 Å². The summed E-state index contributed by atoms with van der Waals surface area (Å²) >= 11 is 0. The summed E-state index contributed by atoms with van der Waals surface area (Å²) in [6.07, 6.45) is 9.76. The summed E-state index contributed by atoms with van der Waals surface area (Å²) < 4.78 is 5.28. The molecule has 13 heavy (non-hydrogen) atoms. The van der Waals surface area contributed by atoms with Gasteiger partial charge in [0, 0.05) is 6.04 Å². The second-order valence-electron chi connectivity index (χ2n) is 3.50. The number of hydrogen-bond acceptors (Lipinski definition) is 2. The number of rotatable bonds is 3. The van der Waals surface area contributed by atoms with E-state index in [9.17, 15) is 0 Å². The largest absolute Gasteiger partial charge is 0.369 e. The first-order valence-corrected chi connectivity index (χ1v) is 4.59. The fourth-order valence-corrected chi connectivity index (χ4v) is 1.64. The van der Waals surface area contributed by atoms with Crippen molar-refractivity contribution in [3.63, 3.8) is 0 Å². The van der Waals surface area contributed by atoms with E-state index in [0.29, 0.717) is 18.6 Å². The molecule has 0 saturated heterocycles. The third-order valence-corrected chi connectivity index (χ3v) is 2.43. The molecule has 1 rings (SSSR count). The Kier molecular flexibility index (Phi) is 7.07. The van der Waals surface area contributed by atoms with E-state index >= 15 is 0 Å². The molecule has 0 atom stereocenters. The van der Waals surface area contributed by atoms with Crippen molar-refractivity contribution in [2.45, 2.75) is 31.7 Å². The molecule has 3 heteroatoms. The highest BCUT2D eigenvalue weighted by molar-refractivity contribution is 5.85. The Morgan fingerprint density at radius 2 is 1.92 bits per heavy atom. The number of halogens is 1. The van der Waals surface area contributed by atoms with Gasteiger partial charge in [0.15, 0.2) is 0 Å². The fourth-order valence-electron chi connectivity index (χ4n) is 1.64. The lowest BCUT2D eigenvalue weighted by molar-refractivity contribution is 0.106. The monoisotopic (exact) mass is 203 g/mol. The van der Waals surface area contributed by atoms with Gasteiger partial charge in [0.05, 0.1) is 6.61 Å². The smallest absolute Gasteiger partial charge is 0.107 e. The molecule has 76 valence electrons. The Morgan fingerprint density at radius 1 is 1.31 bits per heavy atom. The number of hydrogen-bond donors (Lipinski definition) is 1. The molecule has 1 aliphatic rings. The number of terminal acetylenes is 1. The lowest BCUT2D eigenvalue weighted by atomic mass is 9.87. The maximum Gasteiger partial charge on any atom is 0.107 e. The first kappa shape index (κ1) is 12.8. The summed E-state index contributed by atoms with van der Waals surface area (Å²) in [6, 6.07) is 0.425. The zero-order valence-corrected chi connectivity index (χ0v) is 8.69. The van der Waals surface area contributed by atoms with Gasteiger partial charge >= 0.3 is 0 Å². The van der Waals surface area contributed by atoms with E-state index in [2.05, 4.69) is 5.92 Å². The van der Waals surface area contributed by atoms with Gasteiger partial charge in [0.25, 0.3) is 0 Å². The van der Waals surface area contributed by atoms with Gasteiger partial charge in [0.1, 0.15) is 6.61 Å². The van der Waals surface area contributed by atoms with Gasteiger partial charge in [-0.25, -0.2) is 0 Å². The standard InChI is InChI=1S/C10H17NO.ClH/c1-2-7-12-8-9-3-5-10(11)6-4-9;/h1,9-10H,3-8,11H2;1H. The quantitative estimate of drug-likeness (QED) is 0.559. The van der Waals surface area contributed by atoms with Crippen LogP contribution in [0.25, 0.3) is 0 Å². The fraction of sp³-hybridized carbons (Fsp3) is 0.800. The lowest BCUT2D eigenvalue weighted by Crippen LogP contribution is -2.28. The van der Waals surface area contributed by atoms with Gasteiger partial charge in [-0.2, -0.15) is 0 Å². The Labute approximate surface area is 86.6 Å². The van der Waals surface area contributed by atoms with E-state index in [4.69, 9.17) is 16.9 Å². The normalized spacial score (nSPS) is 27.4. The lowest BCUT2D eigenvalue weighted by Gasteiger charge is -2.25. The molecule has 1 fully saturated rings. The van der Waals surface area contributed by atoms with Crippen molar-refractivity contribution in [2.75, 3.05) is 13.2 Å². The van der Waals surface area contributed by atoms with E-state index in [-0.39, 0.29) is 12.4 Å². The molecule has 0 bridgehead atoms. The van der Waals surface area contributed by atoms with Crippen LogP contribution in [0.3, 0.4) is 0 Å². The van der Waals surface area contributed by atoms with Crippen molar-refractivity contribution in [3.05, 3.63) is 0 Å². The molecule has 0 aromatic rings. The Hall–Kier alpha value is -0.230. The van der Waals surface area contributed by atoms with Crippen LogP contribution in [-0.4, -0.2) is 19.3 Å². The maximum atomic E-state index is 5.78. The average molecular weight is 204 g/mol. The van der Waals surface area contributed by atoms with Crippen LogP contribution >= 0.6 is 12.4 Å². The molecule has 0 aromatic heterocycles. The predicted molar refractivity (Wildman–Crippen MR) is 56.8 cm³/mol. The molecule has 0 aromatic carbocycles. The van der Waals surface area contributed by atoms with E-state index in [1.54, 1.807) is 0 Å². The van der Waals surface area contributed by atoms with Crippen LogP contribution < -0.4 is 5.73 Å². The van der Waals surface area contributed by atoms with Crippen LogP contribution in [0.15, 0.2) is 0 Å². The Bertz CT molecular complexity index is 159. The van der Waals surface area contributed by atoms with Crippen LogP contribution in [0.5, 0.6) is 0 Å². The van der Waals surface area contributed by atoms with E-state index < -0.39 is 0 Å². The van der Waals surface area contributed by atoms with E-state index in [1.807, 2.05) is 0 Å². The van der Waals surface area contributed by atoms with Crippen LogP contribution in [-0.2, 0) is 4.74 Å². The predicted octanol–water partition coefficient (Wildman–Crippen LogP) is 1.58. The van der Waals surface area contributed by atoms with Crippen molar-refractivity contribution in [1.29, 1.82) is 0 Å². The Balaban J connectivity index is 0.00000144. The molecule has 2 nitrogen and oxygen atoms in total. The van der Waals surface area contributed by atoms with Crippen molar-refractivity contribution in [3.8, 4) is 12.3 Å². The summed E-state index contributed by atoms with van der Waals surface area (Å²) in [7, 11) is 0. The summed E-state index contributed by atoms with van der Waals surface area (Å²) in [6.45, 7) is 1.26. The van der Waals surface area contributed by atoms with Crippen LogP contribution in [0.2, 0.25) is 0 Å². The third kappa shape index (κ3) is 5.15. The van der Waals surface area contributed by atoms with E-state index in [0.717, 1.165) is 19.4 Å². The van der Waals surface area contributed by atoms with Crippen LogP contribution in [0.1, 0.15) is 25.7 Å². The first-order chi connectivity index (χ1) is 5.83. The number of nitrogens with two attached hydrogens (primary N) is 1. The average Bonchev–Trinajstić information content (AvgIpc) is 2.09.